The molecule has 0 saturated carbocycles. The van der Waals surface area contributed by atoms with Gasteiger partial charge in [0.25, 0.3) is 17.9 Å². The lowest BCUT2D eigenvalue weighted by Crippen LogP contribution is -2.45. The number of nitrogens with zero attached hydrogens (tertiary/aromatic N) is 2. The van der Waals surface area contributed by atoms with Crippen LogP contribution in [0.3, 0.4) is 0 Å². The molecule has 2 atom stereocenters. The molecule has 2 amide bonds. The van der Waals surface area contributed by atoms with Gasteiger partial charge in [0.15, 0.2) is 0 Å². The number of methoxy groups -OCH3 is 1. The number of anilines is 1. The molecule has 1 aliphatic heterocycles. The summed E-state index contributed by atoms with van der Waals surface area (Å²) in [4.78, 5) is 40.7. The molecule has 0 aliphatic carbocycles. The van der Waals surface area contributed by atoms with Crippen LogP contribution in [0.5, 0.6) is 11.5 Å². The van der Waals surface area contributed by atoms with Crippen LogP contribution in [0.15, 0.2) is 53.5 Å². The average Bonchev–Trinajstić information content (AvgIpc) is 3.20. The number of aromatic nitrogens is 1. The number of ether oxygens (including phenoxy) is 2. The van der Waals surface area contributed by atoms with Crippen molar-refractivity contribution >= 4 is 17.5 Å². The Balaban J connectivity index is 1.75. The fourth-order valence-electron chi connectivity index (χ4n) is 4.67. The zero-order chi connectivity index (χ0) is 30.0. The van der Waals surface area contributed by atoms with E-state index >= 15 is 8.78 Å². The van der Waals surface area contributed by atoms with Gasteiger partial charge in [-0.1, -0.05) is 0 Å². The number of hydrogen-bond acceptors (Lipinski definition) is 5. The Hall–Kier alpha value is -4.49. The summed E-state index contributed by atoms with van der Waals surface area (Å²) in [6, 6.07) is 5.94. The second-order valence-corrected chi connectivity index (χ2v) is 9.11. The minimum Gasteiger partial charge on any atom is -0.497 e. The maximum Gasteiger partial charge on any atom is 0.387 e. The van der Waals surface area contributed by atoms with Gasteiger partial charge in [-0.25, -0.2) is 17.6 Å². The fourth-order valence-corrected chi connectivity index (χ4v) is 4.67. The minimum absolute atomic E-state index is 0.0949. The molecule has 2 aromatic carbocycles. The molecule has 0 bridgehead atoms. The van der Waals surface area contributed by atoms with E-state index in [2.05, 4.69) is 10.1 Å². The number of carbonyl (C=O) groups is 2. The number of benzene rings is 2. The van der Waals surface area contributed by atoms with Gasteiger partial charge in [-0.05, 0) is 42.8 Å². The summed E-state index contributed by atoms with van der Waals surface area (Å²) in [5.41, 5.74) is -1.67. The van der Waals surface area contributed by atoms with E-state index < -0.39 is 72.7 Å². The van der Waals surface area contributed by atoms with E-state index in [-0.39, 0.29) is 28.3 Å². The molecule has 8 nitrogen and oxygen atoms in total. The lowest BCUT2D eigenvalue weighted by atomic mass is 9.92. The number of nitrogens with one attached hydrogen (secondary N) is 1. The van der Waals surface area contributed by atoms with Crippen LogP contribution in [0.2, 0.25) is 0 Å². The Morgan fingerprint density at radius 3 is 2.22 bits per heavy atom. The highest BCUT2D eigenvalue weighted by atomic mass is 19.3. The number of pyridine rings is 1. The Kier molecular flexibility index (Phi) is 8.59. The fraction of sp³-hybridized carbons (Fsp3) is 0.296. The second-order valence-electron chi connectivity index (χ2n) is 9.11. The van der Waals surface area contributed by atoms with Crippen LogP contribution in [-0.2, 0) is 11.3 Å². The van der Waals surface area contributed by atoms with E-state index in [1.54, 1.807) is 0 Å². The first-order valence-electron chi connectivity index (χ1n) is 12.1. The van der Waals surface area contributed by atoms with Crippen molar-refractivity contribution in [3.8, 4) is 11.5 Å². The largest absolute Gasteiger partial charge is 0.497 e. The molecule has 1 fully saturated rings. The van der Waals surface area contributed by atoms with Crippen molar-refractivity contribution in [3.63, 3.8) is 0 Å². The Labute approximate surface area is 229 Å². The predicted octanol–water partition coefficient (Wildman–Crippen LogP) is 4.24. The van der Waals surface area contributed by atoms with Gasteiger partial charge in [0.05, 0.1) is 13.7 Å². The maximum absolute atomic E-state index is 15.2. The van der Waals surface area contributed by atoms with Crippen molar-refractivity contribution in [1.82, 2.24) is 9.88 Å². The lowest BCUT2D eigenvalue weighted by Gasteiger charge is -2.20. The van der Waals surface area contributed by atoms with E-state index in [0.717, 1.165) is 47.5 Å². The number of amides is 2. The van der Waals surface area contributed by atoms with Gasteiger partial charge in [-0.2, -0.15) is 8.78 Å². The van der Waals surface area contributed by atoms with Crippen LogP contribution in [0, 0.1) is 18.6 Å². The Morgan fingerprint density at radius 2 is 1.66 bits per heavy atom. The van der Waals surface area contributed by atoms with E-state index in [9.17, 15) is 31.9 Å². The van der Waals surface area contributed by atoms with Crippen molar-refractivity contribution in [2.24, 2.45) is 0 Å². The lowest BCUT2D eigenvalue weighted by molar-refractivity contribution is -0.118. The first kappa shape index (κ1) is 29.5. The first-order chi connectivity index (χ1) is 19.4. The normalized spacial score (nSPS) is 16.9. The molecule has 3 aromatic rings. The average molecular weight is 583 g/mol. The monoisotopic (exact) mass is 583 g/mol. The van der Waals surface area contributed by atoms with Crippen molar-refractivity contribution in [2.75, 3.05) is 18.6 Å². The number of aryl methyl sites for hydroxylation is 1. The van der Waals surface area contributed by atoms with Crippen LogP contribution in [0.4, 0.5) is 32.0 Å². The highest BCUT2D eigenvalue weighted by Gasteiger charge is 2.46. The third-order valence-electron chi connectivity index (χ3n) is 6.55. The molecule has 14 heteroatoms. The molecular formula is C27H23F6N3O5. The van der Waals surface area contributed by atoms with Crippen LogP contribution in [0.1, 0.15) is 27.4 Å². The molecule has 1 saturated heterocycles. The molecular weight excluding hydrogens is 560 g/mol. The molecule has 2 heterocycles. The molecule has 0 radical (unpaired) electrons. The number of halogens is 6. The van der Waals surface area contributed by atoms with Crippen molar-refractivity contribution in [1.29, 1.82) is 0 Å². The van der Waals surface area contributed by atoms with Crippen LogP contribution in [-0.4, -0.2) is 49.1 Å². The first-order valence-corrected chi connectivity index (χ1v) is 12.1. The number of rotatable bonds is 9. The summed E-state index contributed by atoms with van der Waals surface area (Å²) in [6.45, 7) is -3.08. The van der Waals surface area contributed by atoms with Gasteiger partial charge in [-0.3, -0.25) is 14.4 Å². The standard InChI is InChI=1S/C27H23F6N3O5/c1-13-7-8-35(12-20(30)31)26(39)23(13)36-11-17(21-18(28)9-16(40-2)10-19(21)29)22(25(36)38)34-24(37)14-3-5-15(6-4-14)41-27(32)33/h3-10,17,20,22,27H,11-12H2,1-2H3,(H,34,37)/t17-,22?/m0/s1. The third kappa shape index (κ3) is 6.15. The molecule has 1 aliphatic rings. The van der Waals surface area contributed by atoms with Gasteiger partial charge in [0.1, 0.15) is 34.9 Å². The topological polar surface area (TPSA) is 89.9 Å². The van der Waals surface area contributed by atoms with Crippen LogP contribution in [0.25, 0.3) is 0 Å². The Bertz CT molecular complexity index is 1490. The molecule has 0 spiro atoms. The van der Waals surface area contributed by atoms with E-state index in [0.29, 0.717) is 4.57 Å². The van der Waals surface area contributed by atoms with Gasteiger partial charge >= 0.3 is 6.61 Å². The number of hydrogen-bond donors (Lipinski definition) is 1. The molecule has 218 valence electrons. The van der Waals surface area contributed by atoms with E-state index in [1.165, 1.54) is 20.1 Å². The summed E-state index contributed by atoms with van der Waals surface area (Å²) < 4.78 is 91.2. The summed E-state index contributed by atoms with van der Waals surface area (Å²) in [6.07, 6.45) is -1.74. The highest BCUT2D eigenvalue weighted by molar-refractivity contribution is 6.05. The van der Waals surface area contributed by atoms with Gasteiger partial charge < -0.3 is 24.3 Å². The summed E-state index contributed by atoms with van der Waals surface area (Å²) in [5.74, 6) is -5.76. The molecule has 41 heavy (non-hydrogen) atoms. The van der Waals surface area contributed by atoms with Crippen molar-refractivity contribution in [2.45, 2.75) is 38.5 Å². The SMILES string of the molecule is COc1cc(F)c([C@@H]2CN(c3c(C)ccn(CC(F)F)c3=O)C(=O)C2NC(=O)c2ccc(OC(F)F)cc2)c(F)c1. The Morgan fingerprint density at radius 1 is 1.02 bits per heavy atom. The maximum atomic E-state index is 15.2. The van der Waals surface area contributed by atoms with Gasteiger partial charge in [0.2, 0.25) is 5.91 Å². The summed E-state index contributed by atoms with van der Waals surface area (Å²) in [7, 11) is 1.19. The zero-order valence-electron chi connectivity index (χ0n) is 21.5. The zero-order valence-corrected chi connectivity index (χ0v) is 21.5. The van der Waals surface area contributed by atoms with Gasteiger partial charge in [0, 0.05) is 41.9 Å². The quantitative estimate of drug-likeness (QED) is 0.381. The third-order valence-corrected chi connectivity index (χ3v) is 6.55. The molecule has 1 N–H and O–H groups in total. The van der Waals surface area contributed by atoms with E-state index in [1.807, 2.05) is 0 Å². The highest BCUT2D eigenvalue weighted by Crippen LogP contribution is 2.36. The van der Waals surface area contributed by atoms with Crippen LogP contribution < -0.4 is 25.2 Å². The van der Waals surface area contributed by atoms with Crippen molar-refractivity contribution in [3.05, 3.63) is 87.3 Å². The number of alkyl halides is 4. The van der Waals surface area contributed by atoms with Crippen molar-refractivity contribution < 1.29 is 45.4 Å². The second kappa shape index (κ2) is 11.9. The molecule has 1 aromatic heterocycles. The predicted molar refractivity (Wildman–Crippen MR) is 134 cm³/mol. The molecule has 4 rings (SSSR count). The number of carbonyl (C=O) groups excluding carboxylic acids is 2. The summed E-state index contributed by atoms with van der Waals surface area (Å²) >= 11 is 0. The van der Waals surface area contributed by atoms with Crippen LogP contribution >= 0.6 is 0 Å². The molecule has 1 unspecified atom stereocenters. The van der Waals surface area contributed by atoms with E-state index in [4.69, 9.17) is 4.74 Å². The minimum atomic E-state index is -3.10. The smallest absolute Gasteiger partial charge is 0.387 e. The van der Waals surface area contributed by atoms with Gasteiger partial charge in [-0.15, -0.1) is 0 Å². The summed E-state index contributed by atoms with van der Waals surface area (Å²) in [5, 5.41) is 2.41.